The predicted octanol–water partition coefficient (Wildman–Crippen LogP) is 2.37. The summed E-state index contributed by atoms with van der Waals surface area (Å²) in [6.07, 6.45) is 4.32. The van der Waals surface area contributed by atoms with Crippen molar-refractivity contribution in [2.45, 2.75) is 25.3 Å². The first-order chi connectivity index (χ1) is 9.81. The molecular weight excluding hydrogens is 248 g/mol. The summed E-state index contributed by atoms with van der Waals surface area (Å²) in [6.45, 7) is 0. The molecule has 3 rings (SSSR count). The summed E-state index contributed by atoms with van der Waals surface area (Å²) in [5.41, 5.74) is 2.27. The summed E-state index contributed by atoms with van der Waals surface area (Å²) < 4.78 is 0. The van der Waals surface area contributed by atoms with Crippen molar-refractivity contribution in [2.24, 2.45) is 5.92 Å². The zero-order valence-corrected chi connectivity index (χ0v) is 11.3. The van der Waals surface area contributed by atoms with E-state index in [4.69, 9.17) is 0 Å². The van der Waals surface area contributed by atoms with E-state index in [1.54, 1.807) is 6.20 Å². The van der Waals surface area contributed by atoms with E-state index in [9.17, 15) is 4.79 Å². The molecule has 102 valence electrons. The SMILES string of the molecule is O=C1N[C@@H](Cc2ccccc2)CC1Cc1ccccn1. The number of hydrogen-bond acceptors (Lipinski definition) is 2. The molecule has 1 saturated heterocycles. The number of carbonyl (C=O) groups is 1. The Hall–Kier alpha value is -2.16. The molecule has 1 aromatic heterocycles. The number of carbonyl (C=O) groups excluding carboxylic acids is 1. The second kappa shape index (κ2) is 5.87. The molecule has 2 aromatic rings. The third-order valence-electron chi connectivity index (χ3n) is 3.79. The number of aromatic nitrogens is 1. The Balaban J connectivity index is 1.61. The van der Waals surface area contributed by atoms with Gasteiger partial charge in [0.25, 0.3) is 0 Å². The largest absolute Gasteiger partial charge is 0.353 e. The number of rotatable bonds is 4. The first kappa shape index (κ1) is 12.9. The van der Waals surface area contributed by atoms with Gasteiger partial charge in [-0.3, -0.25) is 9.78 Å². The van der Waals surface area contributed by atoms with Gasteiger partial charge in [0.2, 0.25) is 5.91 Å². The summed E-state index contributed by atoms with van der Waals surface area (Å²) in [4.78, 5) is 16.3. The second-order valence-electron chi connectivity index (χ2n) is 5.35. The molecule has 1 fully saturated rings. The maximum atomic E-state index is 12.0. The molecule has 1 amide bonds. The van der Waals surface area contributed by atoms with Gasteiger partial charge >= 0.3 is 0 Å². The average molecular weight is 266 g/mol. The minimum absolute atomic E-state index is 0.0543. The summed E-state index contributed by atoms with van der Waals surface area (Å²) in [5.74, 6) is 0.218. The van der Waals surface area contributed by atoms with Crippen molar-refractivity contribution in [3.8, 4) is 0 Å². The highest BCUT2D eigenvalue weighted by atomic mass is 16.2. The van der Waals surface area contributed by atoms with Crippen LogP contribution in [0, 0.1) is 5.92 Å². The first-order valence-electron chi connectivity index (χ1n) is 7.05. The van der Waals surface area contributed by atoms with E-state index in [-0.39, 0.29) is 17.9 Å². The molecule has 2 atom stereocenters. The minimum atomic E-state index is 0.0543. The molecule has 0 spiro atoms. The molecule has 2 heterocycles. The molecule has 1 aliphatic heterocycles. The van der Waals surface area contributed by atoms with Crippen molar-refractivity contribution in [1.29, 1.82) is 0 Å². The molecule has 20 heavy (non-hydrogen) atoms. The maximum Gasteiger partial charge on any atom is 0.223 e. The van der Waals surface area contributed by atoms with Crippen LogP contribution in [0.2, 0.25) is 0 Å². The van der Waals surface area contributed by atoms with Crippen LogP contribution in [0.25, 0.3) is 0 Å². The van der Waals surface area contributed by atoms with Gasteiger partial charge in [0, 0.05) is 30.3 Å². The third kappa shape index (κ3) is 3.05. The third-order valence-corrected chi connectivity index (χ3v) is 3.79. The van der Waals surface area contributed by atoms with E-state index in [2.05, 4.69) is 22.4 Å². The highest BCUT2D eigenvalue weighted by Gasteiger charge is 2.31. The van der Waals surface area contributed by atoms with Gasteiger partial charge in [-0.25, -0.2) is 0 Å². The van der Waals surface area contributed by atoms with Crippen molar-refractivity contribution >= 4 is 5.91 Å². The van der Waals surface area contributed by atoms with E-state index < -0.39 is 0 Å². The highest BCUT2D eigenvalue weighted by molar-refractivity contribution is 5.81. The van der Waals surface area contributed by atoms with Crippen LogP contribution in [0.4, 0.5) is 0 Å². The fourth-order valence-corrected chi connectivity index (χ4v) is 2.81. The predicted molar refractivity (Wildman–Crippen MR) is 78.1 cm³/mol. The molecule has 0 bridgehead atoms. The molecule has 1 N–H and O–H groups in total. The van der Waals surface area contributed by atoms with Gasteiger partial charge in [-0.2, -0.15) is 0 Å². The molecule has 0 saturated carbocycles. The Morgan fingerprint density at radius 1 is 1.05 bits per heavy atom. The van der Waals surface area contributed by atoms with Crippen LogP contribution in [0.3, 0.4) is 0 Å². The van der Waals surface area contributed by atoms with Gasteiger partial charge in [0.15, 0.2) is 0 Å². The number of nitrogens with zero attached hydrogens (tertiary/aromatic N) is 1. The van der Waals surface area contributed by atoms with Gasteiger partial charge in [-0.05, 0) is 30.5 Å². The number of benzene rings is 1. The van der Waals surface area contributed by atoms with Crippen molar-refractivity contribution < 1.29 is 4.79 Å². The normalized spacial score (nSPS) is 21.7. The van der Waals surface area contributed by atoms with Gasteiger partial charge < -0.3 is 5.32 Å². The molecule has 3 heteroatoms. The molecular formula is C17H18N2O. The topological polar surface area (TPSA) is 42.0 Å². The Kier molecular flexibility index (Phi) is 3.77. The number of pyridine rings is 1. The van der Waals surface area contributed by atoms with Crippen LogP contribution in [-0.2, 0) is 17.6 Å². The molecule has 0 radical (unpaired) electrons. The maximum absolute atomic E-state index is 12.0. The van der Waals surface area contributed by atoms with Gasteiger partial charge in [-0.1, -0.05) is 36.4 Å². The first-order valence-corrected chi connectivity index (χ1v) is 7.05. The number of nitrogens with one attached hydrogen (secondary N) is 1. The van der Waals surface area contributed by atoms with Crippen LogP contribution in [0.15, 0.2) is 54.7 Å². The lowest BCUT2D eigenvalue weighted by atomic mass is 9.96. The number of amides is 1. The van der Waals surface area contributed by atoms with Crippen molar-refractivity contribution in [1.82, 2.24) is 10.3 Å². The van der Waals surface area contributed by atoms with Gasteiger partial charge in [0.05, 0.1) is 0 Å². The quantitative estimate of drug-likeness (QED) is 0.923. The molecule has 1 aliphatic rings. The van der Waals surface area contributed by atoms with Crippen LogP contribution < -0.4 is 5.32 Å². The van der Waals surface area contributed by atoms with Crippen LogP contribution in [0.5, 0.6) is 0 Å². The van der Waals surface area contributed by atoms with Crippen molar-refractivity contribution in [2.75, 3.05) is 0 Å². The minimum Gasteiger partial charge on any atom is -0.353 e. The monoisotopic (exact) mass is 266 g/mol. The van der Waals surface area contributed by atoms with Gasteiger partial charge in [0.1, 0.15) is 0 Å². The van der Waals surface area contributed by atoms with Crippen LogP contribution in [-0.4, -0.2) is 16.9 Å². The van der Waals surface area contributed by atoms with E-state index >= 15 is 0 Å². The van der Waals surface area contributed by atoms with E-state index in [1.807, 2.05) is 36.4 Å². The average Bonchev–Trinajstić information content (AvgIpc) is 2.81. The van der Waals surface area contributed by atoms with E-state index in [0.717, 1.165) is 25.0 Å². The molecule has 1 unspecified atom stereocenters. The lowest BCUT2D eigenvalue weighted by molar-refractivity contribution is -0.122. The standard InChI is InChI=1S/C17H18N2O/c20-17-14(11-15-8-4-5-9-18-15)12-16(19-17)10-13-6-2-1-3-7-13/h1-9,14,16H,10-12H2,(H,19,20)/t14?,16-/m0/s1. The Morgan fingerprint density at radius 2 is 1.85 bits per heavy atom. The molecule has 1 aromatic carbocycles. The Bertz CT molecular complexity index is 568. The highest BCUT2D eigenvalue weighted by Crippen LogP contribution is 2.22. The zero-order chi connectivity index (χ0) is 13.8. The van der Waals surface area contributed by atoms with Crippen molar-refractivity contribution in [3.05, 3.63) is 66.0 Å². The van der Waals surface area contributed by atoms with Crippen molar-refractivity contribution in [3.63, 3.8) is 0 Å². The molecule has 0 aliphatic carbocycles. The lowest BCUT2D eigenvalue weighted by Gasteiger charge is -2.09. The van der Waals surface area contributed by atoms with E-state index in [1.165, 1.54) is 5.56 Å². The zero-order valence-electron chi connectivity index (χ0n) is 11.3. The summed E-state index contributed by atoms with van der Waals surface area (Å²) >= 11 is 0. The second-order valence-corrected chi connectivity index (χ2v) is 5.35. The fraction of sp³-hybridized carbons (Fsp3) is 0.294. The molecule has 3 nitrogen and oxygen atoms in total. The number of hydrogen-bond donors (Lipinski definition) is 1. The summed E-state index contributed by atoms with van der Waals surface area (Å²) in [5, 5.41) is 3.11. The van der Waals surface area contributed by atoms with Crippen LogP contribution >= 0.6 is 0 Å². The Labute approximate surface area is 119 Å². The van der Waals surface area contributed by atoms with Crippen LogP contribution in [0.1, 0.15) is 17.7 Å². The van der Waals surface area contributed by atoms with Gasteiger partial charge in [-0.15, -0.1) is 0 Å². The Morgan fingerprint density at radius 3 is 2.60 bits per heavy atom. The lowest BCUT2D eigenvalue weighted by Crippen LogP contribution is -2.28. The van der Waals surface area contributed by atoms with E-state index in [0.29, 0.717) is 0 Å². The summed E-state index contributed by atoms with van der Waals surface area (Å²) in [7, 11) is 0. The smallest absolute Gasteiger partial charge is 0.223 e. The fourth-order valence-electron chi connectivity index (χ4n) is 2.81. The summed E-state index contributed by atoms with van der Waals surface area (Å²) in [6, 6.07) is 16.4.